The van der Waals surface area contributed by atoms with Gasteiger partial charge in [-0.1, -0.05) is 0 Å². The van der Waals surface area contributed by atoms with E-state index >= 15 is 0 Å². The standard InChI is InChI=1S/C5H10N2O2S/c1-6-3-4-7(10-6)5(8)9-2/h3-4H2,1-2H3. The Balaban J connectivity index is 2.37. The van der Waals surface area contributed by atoms with E-state index in [1.165, 1.54) is 19.2 Å². The number of carbonyl (C=O) groups is 1. The van der Waals surface area contributed by atoms with E-state index < -0.39 is 0 Å². The lowest BCUT2D eigenvalue weighted by Gasteiger charge is -2.10. The SMILES string of the molecule is COC(=O)N1CCN(C)S1. The molecule has 0 aromatic carbocycles. The monoisotopic (exact) mass is 162 g/mol. The maximum atomic E-state index is 10.8. The zero-order valence-electron chi connectivity index (χ0n) is 6.03. The molecule has 4 nitrogen and oxygen atoms in total. The summed E-state index contributed by atoms with van der Waals surface area (Å²) >= 11 is 1.39. The molecule has 0 saturated carbocycles. The molecule has 0 unspecified atom stereocenters. The minimum atomic E-state index is -0.269. The molecule has 58 valence electrons. The van der Waals surface area contributed by atoms with E-state index in [1.54, 1.807) is 4.31 Å². The smallest absolute Gasteiger partial charge is 0.420 e. The van der Waals surface area contributed by atoms with Gasteiger partial charge in [0.2, 0.25) is 0 Å². The number of likely N-dealkylation sites (N-methyl/N-ethyl adjacent to an activating group) is 1. The number of amides is 1. The van der Waals surface area contributed by atoms with Crippen molar-refractivity contribution in [2.75, 3.05) is 27.2 Å². The molecule has 1 amide bonds. The fraction of sp³-hybridized carbons (Fsp3) is 0.800. The molecule has 0 aromatic heterocycles. The van der Waals surface area contributed by atoms with Crippen molar-refractivity contribution >= 4 is 18.2 Å². The molecule has 0 aliphatic carbocycles. The third-order valence-corrected chi connectivity index (χ3v) is 2.22. The molecule has 1 aliphatic rings. The summed E-state index contributed by atoms with van der Waals surface area (Å²) in [6.07, 6.45) is -0.269. The molecule has 1 fully saturated rings. The van der Waals surface area contributed by atoms with E-state index in [4.69, 9.17) is 0 Å². The van der Waals surface area contributed by atoms with Gasteiger partial charge in [0.25, 0.3) is 0 Å². The van der Waals surface area contributed by atoms with Crippen LogP contribution in [0.2, 0.25) is 0 Å². The molecular weight excluding hydrogens is 152 g/mol. The van der Waals surface area contributed by atoms with Crippen molar-refractivity contribution in [3.63, 3.8) is 0 Å². The topological polar surface area (TPSA) is 32.8 Å². The van der Waals surface area contributed by atoms with Crippen LogP contribution in [0.15, 0.2) is 0 Å². The zero-order valence-corrected chi connectivity index (χ0v) is 6.85. The first kappa shape index (κ1) is 7.68. The molecule has 1 saturated heterocycles. The highest BCUT2D eigenvalue weighted by molar-refractivity contribution is 7.95. The Hall–Kier alpha value is -0.420. The van der Waals surface area contributed by atoms with E-state index in [1.807, 2.05) is 11.4 Å². The largest absolute Gasteiger partial charge is 0.452 e. The summed E-state index contributed by atoms with van der Waals surface area (Å²) in [7, 11) is 3.33. The van der Waals surface area contributed by atoms with Crippen LogP contribution in [0.1, 0.15) is 0 Å². The Labute approximate surface area is 64.4 Å². The minimum absolute atomic E-state index is 0.269. The second-order valence-corrected chi connectivity index (χ2v) is 3.23. The van der Waals surface area contributed by atoms with Crippen LogP contribution in [0.5, 0.6) is 0 Å². The van der Waals surface area contributed by atoms with Crippen LogP contribution in [0.25, 0.3) is 0 Å². The molecule has 0 N–H and O–H groups in total. The molecule has 1 aliphatic heterocycles. The number of nitrogens with zero attached hydrogens (tertiary/aromatic N) is 2. The zero-order chi connectivity index (χ0) is 7.56. The van der Waals surface area contributed by atoms with Gasteiger partial charge in [-0.05, 0) is 7.05 Å². The van der Waals surface area contributed by atoms with Gasteiger partial charge in [-0.3, -0.25) is 0 Å². The van der Waals surface area contributed by atoms with Gasteiger partial charge in [-0.2, -0.15) is 0 Å². The normalized spacial score (nSPS) is 19.6. The molecule has 0 bridgehead atoms. The first-order chi connectivity index (χ1) is 4.74. The first-order valence-electron chi connectivity index (χ1n) is 2.98. The van der Waals surface area contributed by atoms with Gasteiger partial charge in [0.05, 0.1) is 13.7 Å². The van der Waals surface area contributed by atoms with Gasteiger partial charge in [-0.15, -0.1) is 0 Å². The van der Waals surface area contributed by atoms with Crippen molar-refractivity contribution in [2.24, 2.45) is 0 Å². The highest BCUT2D eigenvalue weighted by atomic mass is 32.2. The van der Waals surface area contributed by atoms with Gasteiger partial charge in [-0.25, -0.2) is 13.4 Å². The first-order valence-corrected chi connectivity index (χ1v) is 3.72. The molecule has 0 atom stereocenters. The highest BCUT2D eigenvalue weighted by Gasteiger charge is 2.23. The van der Waals surface area contributed by atoms with Gasteiger partial charge < -0.3 is 4.74 Å². The summed E-state index contributed by atoms with van der Waals surface area (Å²) < 4.78 is 8.09. The van der Waals surface area contributed by atoms with Crippen molar-refractivity contribution < 1.29 is 9.53 Å². The van der Waals surface area contributed by atoms with E-state index in [0.717, 1.165) is 13.1 Å². The molecule has 0 aromatic rings. The predicted molar refractivity (Wildman–Crippen MR) is 39.3 cm³/mol. The molecule has 1 heterocycles. The molecule has 5 heteroatoms. The molecule has 10 heavy (non-hydrogen) atoms. The molecule has 1 rings (SSSR count). The van der Waals surface area contributed by atoms with Gasteiger partial charge in [0.1, 0.15) is 0 Å². The fourth-order valence-electron chi connectivity index (χ4n) is 0.708. The second-order valence-electron chi connectivity index (χ2n) is 2.01. The van der Waals surface area contributed by atoms with E-state index in [0.29, 0.717) is 0 Å². The van der Waals surface area contributed by atoms with Gasteiger partial charge in [0.15, 0.2) is 0 Å². The van der Waals surface area contributed by atoms with Gasteiger partial charge in [0, 0.05) is 18.7 Å². The average molecular weight is 162 g/mol. The van der Waals surface area contributed by atoms with E-state index in [9.17, 15) is 4.79 Å². The lowest BCUT2D eigenvalue weighted by atomic mass is 10.6. The summed E-state index contributed by atoms with van der Waals surface area (Å²) in [5, 5.41) is 0. The molecule has 0 radical (unpaired) electrons. The predicted octanol–water partition coefficient (Wildman–Crippen LogP) is 0.563. The maximum Gasteiger partial charge on any atom is 0.420 e. The Morgan fingerprint density at radius 3 is 2.70 bits per heavy atom. The van der Waals surface area contributed by atoms with Crippen LogP contribution in [0.3, 0.4) is 0 Å². The van der Waals surface area contributed by atoms with Crippen LogP contribution in [-0.2, 0) is 4.74 Å². The summed E-state index contributed by atoms with van der Waals surface area (Å²) in [5.74, 6) is 0. The third kappa shape index (κ3) is 1.54. The summed E-state index contributed by atoms with van der Waals surface area (Å²) in [5.41, 5.74) is 0. The number of hydrogen-bond donors (Lipinski definition) is 0. The average Bonchev–Trinajstić information content (AvgIpc) is 2.34. The molecular formula is C5H10N2O2S. The second kappa shape index (κ2) is 3.12. The van der Waals surface area contributed by atoms with Crippen molar-refractivity contribution in [2.45, 2.75) is 0 Å². The van der Waals surface area contributed by atoms with Crippen LogP contribution in [0.4, 0.5) is 4.79 Å². The van der Waals surface area contributed by atoms with E-state index in [2.05, 4.69) is 4.74 Å². The molecule has 0 spiro atoms. The summed E-state index contributed by atoms with van der Waals surface area (Å²) in [4.78, 5) is 10.8. The van der Waals surface area contributed by atoms with Crippen LogP contribution < -0.4 is 0 Å². The Bertz CT molecular complexity index is 142. The van der Waals surface area contributed by atoms with Crippen LogP contribution in [0, 0.1) is 0 Å². The lowest BCUT2D eigenvalue weighted by molar-refractivity contribution is 0.154. The van der Waals surface area contributed by atoms with Crippen LogP contribution in [-0.4, -0.2) is 42.0 Å². The van der Waals surface area contributed by atoms with Crippen molar-refractivity contribution in [1.82, 2.24) is 8.61 Å². The Kier molecular flexibility index (Phi) is 2.39. The summed E-state index contributed by atoms with van der Waals surface area (Å²) in [6, 6.07) is 0. The Morgan fingerprint density at radius 1 is 1.60 bits per heavy atom. The number of carbonyl (C=O) groups excluding carboxylic acids is 1. The highest BCUT2D eigenvalue weighted by Crippen LogP contribution is 2.20. The van der Waals surface area contributed by atoms with Crippen LogP contribution >= 0.6 is 12.1 Å². The summed E-state index contributed by atoms with van der Waals surface area (Å²) in [6.45, 7) is 1.65. The van der Waals surface area contributed by atoms with Crippen molar-refractivity contribution in [3.8, 4) is 0 Å². The van der Waals surface area contributed by atoms with Crippen molar-refractivity contribution in [1.29, 1.82) is 0 Å². The van der Waals surface area contributed by atoms with Gasteiger partial charge >= 0.3 is 6.09 Å². The van der Waals surface area contributed by atoms with Crippen molar-refractivity contribution in [3.05, 3.63) is 0 Å². The maximum absolute atomic E-state index is 10.8. The third-order valence-electron chi connectivity index (χ3n) is 1.23. The number of ether oxygens (including phenoxy) is 1. The number of methoxy groups -OCH3 is 1. The Morgan fingerprint density at radius 2 is 2.30 bits per heavy atom. The number of hydrogen-bond acceptors (Lipinski definition) is 4. The quantitative estimate of drug-likeness (QED) is 0.487. The fourth-order valence-corrected chi connectivity index (χ4v) is 1.51. The minimum Gasteiger partial charge on any atom is -0.452 e. The number of rotatable bonds is 0. The lowest BCUT2D eigenvalue weighted by Crippen LogP contribution is -2.21. The van der Waals surface area contributed by atoms with E-state index in [-0.39, 0.29) is 6.09 Å².